The fourth-order valence-corrected chi connectivity index (χ4v) is 1.06. The first-order valence-corrected chi connectivity index (χ1v) is 4.67. The van der Waals surface area contributed by atoms with Gasteiger partial charge in [0.05, 0.1) is 0 Å². The lowest BCUT2D eigenvalue weighted by Crippen LogP contribution is -2.35. The first-order chi connectivity index (χ1) is 7.07. The van der Waals surface area contributed by atoms with Crippen molar-refractivity contribution >= 4 is 5.95 Å². The Morgan fingerprint density at radius 3 is 2.80 bits per heavy atom. The van der Waals surface area contributed by atoms with Gasteiger partial charge in [0.1, 0.15) is 5.69 Å². The van der Waals surface area contributed by atoms with Crippen LogP contribution in [0.2, 0.25) is 0 Å². The highest BCUT2D eigenvalue weighted by Crippen LogP contribution is 2.05. The Hall–Kier alpha value is -1.85. The SMILES string of the molecule is C=CCNc1nnc(C(C)C)c(=O)n1N. The van der Waals surface area contributed by atoms with Crippen molar-refractivity contribution in [3.8, 4) is 0 Å². The zero-order valence-electron chi connectivity index (χ0n) is 8.90. The molecule has 0 bridgehead atoms. The average molecular weight is 209 g/mol. The highest BCUT2D eigenvalue weighted by Gasteiger charge is 2.11. The molecule has 1 aromatic heterocycles. The van der Waals surface area contributed by atoms with Crippen LogP contribution in [0.3, 0.4) is 0 Å². The van der Waals surface area contributed by atoms with Crippen molar-refractivity contribution in [3.63, 3.8) is 0 Å². The van der Waals surface area contributed by atoms with E-state index < -0.39 is 0 Å². The molecule has 0 aliphatic heterocycles. The van der Waals surface area contributed by atoms with Crippen molar-refractivity contribution in [2.75, 3.05) is 17.7 Å². The fourth-order valence-electron chi connectivity index (χ4n) is 1.06. The van der Waals surface area contributed by atoms with Crippen LogP contribution in [0.4, 0.5) is 5.95 Å². The zero-order valence-corrected chi connectivity index (χ0v) is 8.90. The van der Waals surface area contributed by atoms with Gasteiger partial charge in [0.2, 0.25) is 5.95 Å². The standard InChI is InChI=1S/C9H15N5O/c1-4-5-11-9-13-12-7(6(2)3)8(15)14(9)10/h4,6H,1,5,10H2,2-3H3,(H,11,13). The molecule has 0 aliphatic carbocycles. The third-order valence-electron chi connectivity index (χ3n) is 1.87. The monoisotopic (exact) mass is 209 g/mol. The number of nitrogens with one attached hydrogen (secondary N) is 1. The van der Waals surface area contributed by atoms with Gasteiger partial charge < -0.3 is 11.2 Å². The number of anilines is 1. The van der Waals surface area contributed by atoms with Gasteiger partial charge >= 0.3 is 0 Å². The number of aromatic nitrogens is 3. The summed E-state index contributed by atoms with van der Waals surface area (Å²) in [5.74, 6) is 5.81. The van der Waals surface area contributed by atoms with Crippen LogP contribution in [0.25, 0.3) is 0 Å². The van der Waals surface area contributed by atoms with Crippen molar-refractivity contribution in [1.29, 1.82) is 0 Å². The van der Waals surface area contributed by atoms with Gasteiger partial charge in [-0.3, -0.25) is 4.79 Å². The average Bonchev–Trinajstić information content (AvgIpc) is 2.20. The molecular weight excluding hydrogens is 194 g/mol. The molecule has 0 atom stereocenters. The minimum Gasteiger partial charge on any atom is -0.349 e. The van der Waals surface area contributed by atoms with Crippen LogP contribution in [-0.2, 0) is 0 Å². The van der Waals surface area contributed by atoms with Crippen LogP contribution >= 0.6 is 0 Å². The van der Waals surface area contributed by atoms with Crippen molar-refractivity contribution < 1.29 is 0 Å². The lowest BCUT2D eigenvalue weighted by atomic mass is 10.1. The zero-order chi connectivity index (χ0) is 11.4. The van der Waals surface area contributed by atoms with Gasteiger partial charge in [-0.25, -0.2) is 0 Å². The van der Waals surface area contributed by atoms with E-state index in [4.69, 9.17) is 5.84 Å². The topological polar surface area (TPSA) is 85.8 Å². The number of nitrogen functional groups attached to an aromatic ring is 1. The Balaban J connectivity index is 3.10. The van der Waals surface area contributed by atoms with Crippen molar-refractivity contribution in [2.24, 2.45) is 0 Å². The third kappa shape index (κ3) is 2.34. The minimum atomic E-state index is -0.327. The van der Waals surface area contributed by atoms with E-state index in [0.717, 1.165) is 4.68 Å². The molecule has 6 nitrogen and oxygen atoms in total. The maximum atomic E-state index is 11.7. The summed E-state index contributed by atoms with van der Waals surface area (Å²) in [6, 6.07) is 0. The molecule has 6 heteroatoms. The van der Waals surface area contributed by atoms with E-state index in [1.54, 1.807) is 6.08 Å². The van der Waals surface area contributed by atoms with Crippen molar-refractivity contribution in [2.45, 2.75) is 19.8 Å². The summed E-state index contributed by atoms with van der Waals surface area (Å²) in [5, 5.41) is 10.5. The van der Waals surface area contributed by atoms with Crippen LogP contribution < -0.4 is 16.7 Å². The second-order valence-electron chi connectivity index (χ2n) is 3.41. The Morgan fingerprint density at radius 2 is 2.27 bits per heavy atom. The van der Waals surface area contributed by atoms with Crippen molar-refractivity contribution in [1.82, 2.24) is 14.9 Å². The Kier molecular flexibility index (Phi) is 3.43. The van der Waals surface area contributed by atoms with Crippen LogP contribution in [-0.4, -0.2) is 21.4 Å². The second-order valence-corrected chi connectivity index (χ2v) is 3.41. The molecule has 0 aliphatic rings. The summed E-state index contributed by atoms with van der Waals surface area (Å²) in [6.07, 6.45) is 1.64. The lowest BCUT2D eigenvalue weighted by Gasteiger charge is -2.09. The first kappa shape index (κ1) is 11.2. The molecule has 0 spiro atoms. The van der Waals surface area contributed by atoms with Gasteiger partial charge in [-0.1, -0.05) is 19.9 Å². The van der Waals surface area contributed by atoms with Crippen LogP contribution in [0.1, 0.15) is 25.5 Å². The third-order valence-corrected chi connectivity index (χ3v) is 1.87. The molecule has 0 unspecified atom stereocenters. The number of hydrogen-bond donors (Lipinski definition) is 2. The first-order valence-electron chi connectivity index (χ1n) is 4.67. The van der Waals surface area contributed by atoms with E-state index in [-0.39, 0.29) is 17.4 Å². The highest BCUT2D eigenvalue weighted by molar-refractivity contribution is 5.25. The largest absolute Gasteiger partial charge is 0.349 e. The van der Waals surface area contributed by atoms with Gasteiger partial charge in [-0.2, -0.15) is 4.68 Å². The molecule has 3 N–H and O–H groups in total. The Labute approximate surface area is 87.8 Å². The van der Waals surface area contributed by atoms with E-state index in [0.29, 0.717) is 12.2 Å². The van der Waals surface area contributed by atoms with Crippen LogP contribution in [0.15, 0.2) is 17.4 Å². The molecule has 1 rings (SSSR count). The summed E-state index contributed by atoms with van der Waals surface area (Å²) >= 11 is 0. The number of nitrogens with zero attached hydrogens (tertiary/aromatic N) is 3. The molecule has 0 saturated heterocycles. The molecule has 15 heavy (non-hydrogen) atoms. The van der Waals surface area contributed by atoms with E-state index in [9.17, 15) is 4.79 Å². The van der Waals surface area contributed by atoms with E-state index in [2.05, 4.69) is 22.1 Å². The van der Waals surface area contributed by atoms with Gasteiger partial charge in [0.15, 0.2) is 0 Å². The highest BCUT2D eigenvalue weighted by atomic mass is 16.1. The smallest absolute Gasteiger partial charge is 0.295 e. The molecule has 1 aromatic rings. The molecular formula is C9H15N5O. The Bertz CT molecular complexity index is 409. The normalized spacial score (nSPS) is 10.3. The maximum absolute atomic E-state index is 11.7. The summed E-state index contributed by atoms with van der Waals surface area (Å²) in [5.41, 5.74) is 0.0354. The van der Waals surface area contributed by atoms with Gasteiger partial charge in [0.25, 0.3) is 5.56 Å². The minimum absolute atomic E-state index is 0.00764. The molecule has 0 amide bonds. The fraction of sp³-hybridized carbons (Fsp3) is 0.444. The summed E-state index contributed by atoms with van der Waals surface area (Å²) in [7, 11) is 0. The summed E-state index contributed by atoms with van der Waals surface area (Å²) in [4.78, 5) is 11.7. The van der Waals surface area contributed by atoms with E-state index in [1.165, 1.54) is 0 Å². The molecule has 0 saturated carbocycles. The maximum Gasteiger partial charge on any atom is 0.295 e. The van der Waals surface area contributed by atoms with Crippen LogP contribution in [0.5, 0.6) is 0 Å². The quantitative estimate of drug-likeness (QED) is 0.541. The molecule has 0 aromatic carbocycles. The summed E-state index contributed by atoms with van der Waals surface area (Å²) in [6.45, 7) is 7.74. The van der Waals surface area contributed by atoms with Gasteiger partial charge in [0, 0.05) is 12.5 Å². The van der Waals surface area contributed by atoms with Gasteiger partial charge in [-0.15, -0.1) is 16.8 Å². The second kappa shape index (κ2) is 4.59. The number of nitrogens with two attached hydrogens (primary N) is 1. The van der Waals surface area contributed by atoms with E-state index in [1.807, 2.05) is 13.8 Å². The predicted octanol–water partition coefficient (Wildman–Crippen LogP) is 0.0734. The predicted molar refractivity (Wildman–Crippen MR) is 59.2 cm³/mol. The lowest BCUT2D eigenvalue weighted by molar-refractivity contribution is 0.713. The molecule has 0 fully saturated rings. The van der Waals surface area contributed by atoms with E-state index >= 15 is 0 Å². The van der Waals surface area contributed by atoms with Crippen molar-refractivity contribution in [3.05, 3.63) is 28.7 Å². The van der Waals surface area contributed by atoms with Gasteiger partial charge in [-0.05, 0) is 0 Å². The van der Waals surface area contributed by atoms with Crippen LogP contribution in [0, 0.1) is 0 Å². The number of rotatable bonds is 4. The molecule has 1 heterocycles. The number of hydrogen-bond acceptors (Lipinski definition) is 5. The molecule has 0 radical (unpaired) electrons. The Morgan fingerprint density at radius 1 is 1.60 bits per heavy atom. The summed E-state index contributed by atoms with van der Waals surface area (Å²) < 4.78 is 0.964. The molecule has 82 valence electrons.